The molecule has 0 bridgehead atoms. The fourth-order valence-electron chi connectivity index (χ4n) is 8.67. The van der Waals surface area contributed by atoms with Crippen LogP contribution in [-0.4, -0.2) is 19.1 Å². The molecule has 0 N–H and O–H groups in total. The van der Waals surface area contributed by atoms with Crippen LogP contribution >= 0.6 is 0 Å². The molecule has 0 unspecified atom stereocenters. The van der Waals surface area contributed by atoms with Gasteiger partial charge in [-0.2, -0.15) is 0 Å². The van der Waals surface area contributed by atoms with E-state index in [-0.39, 0.29) is 0 Å². The van der Waals surface area contributed by atoms with Crippen molar-refractivity contribution >= 4 is 87.2 Å². The maximum absolute atomic E-state index is 6.51. The van der Waals surface area contributed by atoms with E-state index in [2.05, 4.69) is 179 Å². The molecule has 0 aliphatic heterocycles. The smallest absolute Gasteiger partial charge is 0.235 e. The minimum absolute atomic E-state index is 0.631. The van der Waals surface area contributed by atoms with Gasteiger partial charge in [-0.15, -0.1) is 0 Å². The van der Waals surface area contributed by atoms with Crippen LogP contribution in [0.5, 0.6) is 0 Å². The largest absolute Gasteiger partial charge is 0.456 e. The Kier molecular flexibility index (Phi) is 5.71. The highest BCUT2D eigenvalue weighted by Gasteiger charge is 2.23. The standard InChI is InChI=1S/C48H28N4O/c1-2-15-31(16-3-1)51-38-22-10-7-18-33(38)45-40(51)25-26-41-46(45)34-19-8-11-23-39(34)52(41)48-49-37-21-9-6-17-32(37)47(50-48)35-20-12-24-42-44(35)36-27-29-13-4-5-14-30(29)28-43(36)53-42/h1-28H. The molecule has 4 heterocycles. The SMILES string of the molecule is c1ccc(-n2c3ccccc3c3c4c5ccccc5n(-c5nc(-c6cccc7oc8cc9ccccc9cc8c67)c6ccccc6n5)c4ccc32)cc1. The van der Waals surface area contributed by atoms with Gasteiger partial charge in [0.2, 0.25) is 5.95 Å². The maximum Gasteiger partial charge on any atom is 0.235 e. The van der Waals surface area contributed by atoms with Crippen molar-refractivity contribution in [2.75, 3.05) is 0 Å². The van der Waals surface area contributed by atoms with Gasteiger partial charge in [-0.05, 0) is 71.4 Å². The monoisotopic (exact) mass is 676 g/mol. The van der Waals surface area contributed by atoms with Crippen molar-refractivity contribution in [2.24, 2.45) is 0 Å². The third-order valence-corrected chi connectivity index (χ3v) is 10.9. The van der Waals surface area contributed by atoms with E-state index >= 15 is 0 Å². The Labute approximate surface area is 302 Å². The summed E-state index contributed by atoms with van der Waals surface area (Å²) in [5.74, 6) is 0.631. The number of benzene rings is 8. The van der Waals surface area contributed by atoms with Crippen molar-refractivity contribution in [3.8, 4) is 22.9 Å². The molecule has 8 aromatic carbocycles. The summed E-state index contributed by atoms with van der Waals surface area (Å²) >= 11 is 0. The van der Waals surface area contributed by atoms with Crippen LogP contribution < -0.4 is 0 Å². The van der Waals surface area contributed by atoms with Gasteiger partial charge >= 0.3 is 0 Å². The van der Waals surface area contributed by atoms with Gasteiger partial charge in [-0.1, -0.05) is 109 Å². The Balaban J connectivity index is 1.19. The van der Waals surface area contributed by atoms with Gasteiger partial charge in [0.05, 0.1) is 33.3 Å². The van der Waals surface area contributed by atoms with E-state index < -0.39 is 0 Å². The lowest BCUT2D eigenvalue weighted by atomic mass is 9.99. The number of fused-ring (bicyclic) bond motifs is 12. The van der Waals surface area contributed by atoms with Crippen LogP contribution in [0.15, 0.2) is 174 Å². The van der Waals surface area contributed by atoms with Gasteiger partial charge in [0.25, 0.3) is 0 Å². The third-order valence-electron chi connectivity index (χ3n) is 10.9. The molecule has 0 aliphatic rings. The van der Waals surface area contributed by atoms with E-state index in [0.29, 0.717) is 5.95 Å². The number of para-hydroxylation sites is 4. The lowest BCUT2D eigenvalue weighted by molar-refractivity contribution is 0.669. The molecular weight excluding hydrogens is 649 g/mol. The Morgan fingerprint density at radius 1 is 0.396 bits per heavy atom. The third kappa shape index (κ3) is 3.96. The molecular formula is C48H28N4O. The molecule has 12 rings (SSSR count). The molecule has 0 spiro atoms. The van der Waals surface area contributed by atoms with E-state index in [9.17, 15) is 0 Å². The van der Waals surface area contributed by atoms with E-state index in [0.717, 1.165) is 71.6 Å². The van der Waals surface area contributed by atoms with Crippen LogP contribution in [0.1, 0.15) is 0 Å². The molecule has 246 valence electrons. The molecule has 0 fully saturated rings. The van der Waals surface area contributed by atoms with Crippen LogP contribution in [0.2, 0.25) is 0 Å². The van der Waals surface area contributed by atoms with Crippen molar-refractivity contribution in [2.45, 2.75) is 0 Å². The van der Waals surface area contributed by atoms with Gasteiger partial charge in [0.15, 0.2) is 0 Å². The van der Waals surface area contributed by atoms with Gasteiger partial charge in [0.1, 0.15) is 11.2 Å². The zero-order chi connectivity index (χ0) is 34.6. The lowest BCUT2D eigenvalue weighted by Crippen LogP contribution is -2.03. The number of furan rings is 1. The first kappa shape index (κ1) is 28.5. The van der Waals surface area contributed by atoms with Crippen LogP contribution in [0.25, 0.3) is 110 Å². The summed E-state index contributed by atoms with van der Waals surface area (Å²) in [5.41, 5.74) is 10.1. The molecule has 0 aliphatic carbocycles. The summed E-state index contributed by atoms with van der Waals surface area (Å²) in [6.45, 7) is 0. The van der Waals surface area contributed by atoms with Crippen molar-refractivity contribution in [1.29, 1.82) is 0 Å². The summed E-state index contributed by atoms with van der Waals surface area (Å²) in [7, 11) is 0. The van der Waals surface area contributed by atoms with Gasteiger partial charge in [0, 0.05) is 49.0 Å². The van der Waals surface area contributed by atoms with Gasteiger partial charge in [-0.3, -0.25) is 4.57 Å². The summed E-state index contributed by atoms with van der Waals surface area (Å²) in [6.07, 6.45) is 0. The van der Waals surface area contributed by atoms with Crippen LogP contribution in [0.3, 0.4) is 0 Å². The Morgan fingerprint density at radius 2 is 1.02 bits per heavy atom. The van der Waals surface area contributed by atoms with Crippen LogP contribution in [0.4, 0.5) is 0 Å². The molecule has 5 nitrogen and oxygen atoms in total. The fourth-order valence-corrected chi connectivity index (χ4v) is 8.67. The number of hydrogen-bond acceptors (Lipinski definition) is 3. The molecule has 5 heteroatoms. The van der Waals surface area contributed by atoms with E-state index in [1.165, 1.54) is 32.6 Å². The van der Waals surface area contributed by atoms with E-state index in [1.807, 2.05) is 0 Å². The highest BCUT2D eigenvalue weighted by molar-refractivity contribution is 6.29. The van der Waals surface area contributed by atoms with Crippen molar-refractivity contribution in [3.05, 3.63) is 170 Å². The summed E-state index contributed by atoms with van der Waals surface area (Å²) < 4.78 is 11.1. The number of hydrogen-bond donors (Lipinski definition) is 0. The predicted octanol–water partition coefficient (Wildman–Crippen LogP) is 12.5. The second-order valence-corrected chi connectivity index (χ2v) is 13.8. The summed E-state index contributed by atoms with van der Waals surface area (Å²) in [5, 5.41) is 10.3. The van der Waals surface area contributed by atoms with Crippen molar-refractivity contribution < 1.29 is 4.42 Å². The molecule has 0 amide bonds. The number of rotatable bonds is 3. The second-order valence-electron chi connectivity index (χ2n) is 13.8. The van der Waals surface area contributed by atoms with Gasteiger partial charge in [-0.25, -0.2) is 9.97 Å². The summed E-state index contributed by atoms with van der Waals surface area (Å²) in [6, 6.07) is 59.9. The van der Waals surface area contributed by atoms with Gasteiger partial charge < -0.3 is 8.98 Å². The normalized spacial score (nSPS) is 12.2. The quantitative estimate of drug-likeness (QED) is 0.187. The fraction of sp³-hybridized carbons (Fsp3) is 0. The Hall–Kier alpha value is -7.24. The molecule has 0 atom stereocenters. The van der Waals surface area contributed by atoms with Crippen LogP contribution in [0, 0.1) is 0 Å². The minimum atomic E-state index is 0.631. The highest BCUT2D eigenvalue weighted by Crippen LogP contribution is 2.44. The molecule has 0 saturated heterocycles. The minimum Gasteiger partial charge on any atom is -0.456 e. The predicted molar refractivity (Wildman–Crippen MR) is 218 cm³/mol. The van der Waals surface area contributed by atoms with Crippen molar-refractivity contribution in [3.63, 3.8) is 0 Å². The number of aromatic nitrogens is 4. The number of nitrogens with zero attached hydrogens (tertiary/aromatic N) is 4. The Bertz CT molecular complexity index is 3460. The molecule has 0 saturated carbocycles. The highest BCUT2D eigenvalue weighted by atomic mass is 16.3. The average Bonchev–Trinajstić information content (AvgIpc) is 3.87. The average molecular weight is 677 g/mol. The zero-order valence-corrected chi connectivity index (χ0v) is 28.4. The first-order valence-electron chi connectivity index (χ1n) is 17.9. The zero-order valence-electron chi connectivity index (χ0n) is 28.4. The molecule has 53 heavy (non-hydrogen) atoms. The molecule has 4 aromatic heterocycles. The van der Waals surface area contributed by atoms with Crippen LogP contribution in [-0.2, 0) is 0 Å². The Morgan fingerprint density at radius 3 is 1.79 bits per heavy atom. The lowest BCUT2D eigenvalue weighted by Gasteiger charge is -2.12. The first-order valence-corrected chi connectivity index (χ1v) is 17.9. The summed E-state index contributed by atoms with van der Waals surface area (Å²) in [4.78, 5) is 10.8. The van der Waals surface area contributed by atoms with Crippen molar-refractivity contribution in [1.82, 2.24) is 19.1 Å². The first-order chi connectivity index (χ1) is 26.3. The molecule has 12 aromatic rings. The topological polar surface area (TPSA) is 48.8 Å². The molecule has 0 radical (unpaired) electrons. The maximum atomic E-state index is 6.51. The second kappa shape index (κ2) is 10.6. The van der Waals surface area contributed by atoms with E-state index in [1.54, 1.807) is 0 Å². The van der Waals surface area contributed by atoms with E-state index in [4.69, 9.17) is 14.4 Å².